The first kappa shape index (κ1) is 10.8. The molecule has 0 saturated carbocycles. The number of anilines is 1. The topological polar surface area (TPSA) is 108 Å². The molecule has 1 heterocycles. The average molecular weight is 232 g/mol. The zero-order valence-corrected chi connectivity index (χ0v) is 8.53. The molecule has 0 aliphatic heterocycles. The van der Waals surface area contributed by atoms with Crippen LogP contribution in [-0.4, -0.2) is 31.3 Å². The van der Waals surface area contributed by atoms with Gasteiger partial charge in [-0.3, -0.25) is 10.1 Å². The van der Waals surface area contributed by atoms with Gasteiger partial charge in [0.2, 0.25) is 5.95 Å². The van der Waals surface area contributed by atoms with Crippen LogP contribution in [0.1, 0.15) is 10.4 Å². The van der Waals surface area contributed by atoms with Crippen LogP contribution in [0.4, 0.5) is 5.95 Å². The third kappa shape index (κ3) is 2.46. The highest BCUT2D eigenvalue weighted by molar-refractivity contribution is 6.03. The molecule has 0 aliphatic carbocycles. The Balaban J connectivity index is 2.18. The maximum atomic E-state index is 11.7. The molecule has 7 heteroatoms. The van der Waals surface area contributed by atoms with Crippen molar-refractivity contribution in [2.45, 2.75) is 0 Å². The summed E-state index contributed by atoms with van der Waals surface area (Å²) in [5, 5.41) is 27.9. The number of hydrogen-bond acceptors (Lipinski definition) is 6. The molecule has 1 amide bonds. The molecule has 86 valence electrons. The van der Waals surface area contributed by atoms with Crippen molar-refractivity contribution < 1.29 is 15.0 Å². The van der Waals surface area contributed by atoms with Crippen molar-refractivity contribution in [1.82, 2.24) is 15.2 Å². The fourth-order valence-electron chi connectivity index (χ4n) is 1.14. The number of phenolic OH excluding ortho intramolecular Hbond substituents is 2. The van der Waals surface area contributed by atoms with Crippen molar-refractivity contribution in [3.63, 3.8) is 0 Å². The monoisotopic (exact) mass is 232 g/mol. The number of phenols is 2. The Morgan fingerprint density at radius 1 is 1.18 bits per heavy atom. The van der Waals surface area contributed by atoms with E-state index in [0.717, 1.165) is 6.07 Å². The molecule has 0 bridgehead atoms. The van der Waals surface area contributed by atoms with Crippen molar-refractivity contribution in [3.8, 4) is 11.5 Å². The summed E-state index contributed by atoms with van der Waals surface area (Å²) >= 11 is 0. The Morgan fingerprint density at radius 3 is 2.65 bits per heavy atom. The van der Waals surface area contributed by atoms with E-state index in [1.165, 1.54) is 24.5 Å². The number of benzene rings is 1. The molecule has 0 spiro atoms. The van der Waals surface area contributed by atoms with E-state index in [2.05, 4.69) is 20.5 Å². The van der Waals surface area contributed by atoms with E-state index < -0.39 is 5.91 Å². The summed E-state index contributed by atoms with van der Waals surface area (Å²) in [6, 6.07) is 3.72. The standard InChI is InChI=1S/C10H8N4O3/c15-7-2-1-6(5-8(7)16)9(17)13-10-11-3-4-12-14-10/h1-5,15-16H,(H,11,13,14,17). The normalized spacial score (nSPS) is 9.88. The fourth-order valence-corrected chi connectivity index (χ4v) is 1.14. The molecule has 7 nitrogen and oxygen atoms in total. The summed E-state index contributed by atoms with van der Waals surface area (Å²) in [5.74, 6) is -1.11. The minimum atomic E-state index is -0.506. The Morgan fingerprint density at radius 2 is 2.00 bits per heavy atom. The molecule has 0 fully saturated rings. The van der Waals surface area contributed by atoms with Crippen LogP contribution in [0, 0.1) is 0 Å². The second-order valence-corrected chi connectivity index (χ2v) is 3.12. The lowest BCUT2D eigenvalue weighted by Gasteiger charge is -2.03. The predicted molar refractivity (Wildman–Crippen MR) is 57.6 cm³/mol. The highest BCUT2D eigenvalue weighted by Gasteiger charge is 2.10. The summed E-state index contributed by atoms with van der Waals surface area (Å²) in [6.45, 7) is 0. The molecule has 0 unspecified atom stereocenters. The van der Waals surface area contributed by atoms with Crippen LogP contribution < -0.4 is 5.32 Å². The third-order valence-corrected chi connectivity index (χ3v) is 1.95. The lowest BCUT2D eigenvalue weighted by molar-refractivity contribution is 0.102. The minimum Gasteiger partial charge on any atom is -0.504 e. The van der Waals surface area contributed by atoms with Crippen LogP contribution in [0.15, 0.2) is 30.6 Å². The highest BCUT2D eigenvalue weighted by Crippen LogP contribution is 2.24. The quantitative estimate of drug-likeness (QED) is 0.652. The van der Waals surface area contributed by atoms with E-state index in [9.17, 15) is 9.90 Å². The Bertz CT molecular complexity index is 545. The van der Waals surface area contributed by atoms with Crippen molar-refractivity contribution in [1.29, 1.82) is 0 Å². The van der Waals surface area contributed by atoms with Crippen molar-refractivity contribution in [3.05, 3.63) is 36.2 Å². The van der Waals surface area contributed by atoms with Gasteiger partial charge in [-0.05, 0) is 18.2 Å². The summed E-state index contributed by atoms with van der Waals surface area (Å²) in [5.41, 5.74) is 0.174. The van der Waals surface area contributed by atoms with Gasteiger partial charge in [0.1, 0.15) is 0 Å². The molecule has 0 atom stereocenters. The molecule has 17 heavy (non-hydrogen) atoms. The van der Waals surface area contributed by atoms with Crippen LogP contribution in [0.25, 0.3) is 0 Å². The Kier molecular flexibility index (Phi) is 2.82. The molecule has 1 aromatic carbocycles. The maximum Gasteiger partial charge on any atom is 0.258 e. The van der Waals surface area contributed by atoms with Gasteiger partial charge in [0.25, 0.3) is 5.91 Å². The van der Waals surface area contributed by atoms with Gasteiger partial charge >= 0.3 is 0 Å². The van der Waals surface area contributed by atoms with E-state index in [1.54, 1.807) is 0 Å². The molecular weight excluding hydrogens is 224 g/mol. The van der Waals surface area contributed by atoms with E-state index in [4.69, 9.17) is 5.11 Å². The Labute approximate surface area is 95.8 Å². The summed E-state index contributed by atoms with van der Waals surface area (Å²) < 4.78 is 0. The van der Waals surface area contributed by atoms with E-state index >= 15 is 0 Å². The van der Waals surface area contributed by atoms with Gasteiger partial charge in [-0.1, -0.05) is 0 Å². The highest BCUT2D eigenvalue weighted by atomic mass is 16.3. The van der Waals surface area contributed by atoms with Crippen molar-refractivity contribution in [2.24, 2.45) is 0 Å². The van der Waals surface area contributed by atoms with E-state index in [0.29, 0.717) is 0 Å². The van der Waals surface area contributed by atoms with Gasteiger partial charge in [-0.2, -0.15) is 5.10 Å². The predicted octanol–water partition coefficient (Wildman–Crippen LogP) is 0.535. The molecule has 2 aromatic rings. The summed E-state index contributed by atoms with van der Waals surface area (Å²) in [7, 11) is 0. The largest absolute Gasteiger partial charge is 0.504 e. The number of amides is 1. The summed E-state index contributed by atoms with van der Waals surface area (Å²) in [6.07, 6.45) is 2.76. The number of hydrogen-bond donors (Lipinski definition) is 3. The zero-order valence-electron chi connectivity index (χ0n) is 8.53. The maximum absolute atomic E-state index is 11.7. The molecule has 0 radical (unpaired) electrons. The molecule has 0 saturated heterocycles. The lowest BCUT2D eigenvalue weighted by Crippen LogP contribution is -2.14. The van der Waals surface area contributed by atoms with Gasteiger partial charge in [0.05, 0.1) is 12.4 Å². The van der Waals surface area contributed by atoms with Gasteiger partial charge < -0.3 is 10.2 Å². The summed E-state index contributed by atoms with van der Waals surface area (Å²) in [4.78, 5) is 15.4. The fraction of sp³-hybridized carbons (Fsp3) is 0. The lowest BCUT2D eigenvalue weighted by atomic mass is 10.2. The first-order valence-electron chi connectivity index (χ1n) is 4.64. The zero-order chi connectivity index (χ0) is 12.3. The first-order valence-corrected chi connectivity index (χ1v) is 4.64. The van der Waals surface area contributed by atoms with Crippen molar-refractivity contribution >= 4 is 11.9 Å². The second-order valence-electron chi connectivity index (χ2n) is 3.12. The van der Waals surface area contributed by atoms with Gasteiger partial charge in [-0.15, -0.1) is 5.10 Å². The average Bonchev–Trinajstić information content (AvgIpc) is 2.34. The molecule has 2 rings (SSSR count). The van der Waals surface area contributed by atoms with E-state index in [1.807, 2.05) is 0 Å². The SMILES string of the molecule is O=C(Nc1nccnn1)c1ccc(O)c(O)c1. The van der Waals surface area contributed by atoms with Gasteiger partial charge in [0, 0.05) is 5.56 Å². The number of aromatic nitrogens is 3. The number of aromatic hydroxyl groups is 2. The van der Waals surface area contributed by atoms with Crippen LogP contribution in [0.5, 0.6) is 11.5 Å². The van der Waals surface area contributed by atoms with Crippen LogP contribution in [-0.2, 0) is 0 Å². The molecule has 0 aliphatic rings. The second kappa shape index (κ2) is 4.44. The first-order chi connectivity index (χ1) is 8.16. The molecular formula is C10H8N4O3. The Hall–Kier alpha value is -2.70. The molecule has 1 aromatic heterocycles. The van der Waals surface area contributed by atoms with E-state index in [-0.39, 0.29) is 23.0 Å². The molecule has 3 N–H and O–H groups in total. The van der Waals surface area contributed by atoms with Crippen LogP contribution in [0.2, 0.25) is 0 Å². The smallest absolute Gasteiger partial charge is 0.258 e. The number of carbonyl (C=O) groups is 1. The number of carbonyl (C=O) groups excluding carboxylic acids is 1. The van der Waals surface area contributed by atoms with Gasteiger partial charge in [0.15, 0.2) is 11.5 Å². The van der Waals surface area contributed by atoms with Crippen LogP contribution in [0.3, 0.4) is 0 Å². The third-order valence-electron chi connectivity index (χ3n) is 1.95. The van der Waals surface area contributed by atoms with Crippen molar-refractivity contribution in [2.75, 3.05) is 5.32 Å². The number of nitrogens with one attached hydrogen (secondary N) is 1. The number of rotatable bonds is 2. The minimum absolute atomic E-state index is 0.0602. The number of nitrogens with zero attached hydrogens (tertiary/aromatic N) is 3. The van der Waals surface area contributed by atoms with Gasteiger partial charge in [-0.25, -0.2) is 4.98 Å². The van der Waals surface area contributed by atoms with Crippen LogP contribution >= 0.6 is 0 Å².